The molecule has 0 aromatic rings. The second kappa shape index (κ2) is 24.5. The van der Waals surface area contributed by atoms with Crippen LogP contribution in [0.25, 0.3) is 0 Å². The molecule has 3 fully saturated rings. The van der Waals surface area contributed by atoms with Crippen molar-refractivity contribution in [2.45, 2.75) is 176 Å². The molecule has 0 aliphatic carbocycles. The lowest BCUT2D eigenvalue weighted by atomic mass is 9.77. The maximum Gasteiger partial charge on any atom is 0.312 e. The summed E-state index contributed by atoms with van der Waals surface area (Å²) in [5, 5.41) is 49.9. The molecule has 3 heterocycles. The first-order valence-corrected chi connectivity index (χ1v) is 23.9. The number of halogens is 1. The van der Waals surface area contributed by atoms with E-state index in [0.29, 0.717) is 19.4 Å². The van der Waals surface area contributed by atoms with Crippen molar-refractivity contribution >= 4 is 40.3 Å². The Morgan fingerprint density at radius 1 is 1.06 bits per heavy atom. The Balaban J connectivity index is 2.10. The van der Waals surface area contributed by atoms with Crippen LogP contribution < -0.4 is 16.8 Å². The summed E-state index contributed by atoms with van der Waals surface area (Å²) in [6, 6.07) is -0.776. The highest BCUT2D eigenvalue weighted by Crippen LogP contribution is 2.40. The number of amidine groups is 1. The van der Waals surface area contributed by atoms with Crippen LogP contribution in [-0.2, 0) is 42.7 Å². The maximum absolute atomic E-state index is 14.3. The molecule has 9 N–H and O–H groups in total. The minimum atomic E-state index is -1.86. The number of alkyl halides is 1. The summed E-state index contributed by atoms with van der Waals surface area (Å²) in [5.74, 6) is -3.33. The van der Waals surface area contributed by atoms with Gasteiger partial charge in [0.2, 0.25) is 0 Å². The van der Waals surface area contributed by atoms with Gasteiger partial charge in [0.25, 0.3) is 5.91 Å². The van der Waals surface area contributed by atoms with Crippen LogP contribution in [0.5, 0.6) is 0 Å². The zero-order valence-corrected chi connectivity index (χ0v) is 43.0. The predicted molar refractivity (Wildman–Crippen MR) is 253 cm³/mol. The average Bonchev–Trinajstić information content (AvgIpc) is 3.23. The minimum Gasteiger partial charge on any atom is -0.448 e. The van der Waals surface area contributed by atoms with Gasteiger partial charge >= 0.3 is 5.97 Å². The van der Waals surface area contributed by atoms with Crippen molar-refractivity contribution < 1.29 is 63.2 Å². The molecule has 0 saturated carbocycles. The van der Waals surface area contributed by atoms with Gasteiger partial charge in [-0.1, -0.05) is 20.4 Å². The van der Waals surface area contributed by atoms with Gasteiger partial charge in [-0.2, -0.15) is 0 Å². The molecule has 0 aromatic carbocycles. The highest BCUT2D eigenvalue weighted by atomic mass is 127. The molecule has 1 amide bonds. The number of likely N-dealkylation sites (N-methyl/N-ethyl adjacent to an activating group) is 2. The van der Waals surface area contributed by atoms with Gasteiger partial charge in [0.1, 0.15) is 29.7 Å². The van der Waals surface area contributed by atoms with Gasteiger partial charge in [-0.3, -0.25) is 9.59 Å². The van der Waals surface area contributed by atoms with Gasteiger partial charge in [-0.15, -0.1) is 0 Å². The number of esters is 1. The summed E-state index contributed by atoms with van der Waals surface area (Å²) < 4.78 is 43.8. The third-order valence-electron chi connectivity index (χ3n) is 13.4. The molecule has 20 heteroatoms. The Hall–Kier alpha value is -2.06. The smallest absolute Gasteiger partial charge is 0.312 e. The summed E-state index contributed by atoms with van der Waals surface area (Å²) in [4.78, 5) is 34.9. The molecule has 0 unspecified atom stereocenters. The molecule has 18 atom stereocenters. The molecule has 3 aliphatic heterocycles. The van der Waals surface area contributed by atoms with E-state index in [-0.39, 0.29) is 55.5 Å². The third-order valence-corrected chi connectivity index (χ3v) is 14.9. The second-order valence-electron chi connectivity index (χ2n) is 19.4. The Labute approximate surface area is 400 Å². The molecule has 0 radical (unpaired) electrons. The molecular formula is C45H81IN6O13. The van der Waals surface area contributed by atoms with Crippen LogP contribution in [0, 0.1) is 17.8 Å². The van der Waals surface area contributed by atoms with Gasteiger partial charge in [-0.25, -0.2) is 4.99 Å². The number of carbonyl (C=O) groups excluding carboxylic acids is 2. The number of aliphatic hydroxyl groups is 4. The second-order valence-corrected chi connectivity index (χ2v) is 20.5. The van der Waals surface area contributed by atoms with Gasteiger partial charge < -0.3 is 80.2 Å². The van der Waals surface area contributed by atoms with Crippen molar-refractivity contribution in [3.05, 3.63) is 24.6 Å². The fourth-order valence-corrected chi connectivity index (χ4v) is 9.85. The molecule has 0 bridgehead atoms. The zero-order chi connectivity index (χ0) is 49.4. The van der Waals surface area contributed by atoms with Crippen LogP contribution in [0.2, 0.25) is 0 Å². The normalized spacial score (nSPS) is 42.3. The summed E-state index contributed by atoms with van der Waals surface area (Å²) in [5.41, 5.74) is 6.64. The first kappa shape index (κ1) is 57.3. The molecule has 0 aromatic heterocycles. The van der Waals surface area contributed by atoms with Crippen molar-refractivity contribution in [1.82, 2.24) is 15.1 Å². The van der Waals surface area contributed by atoms with Gasteiger partial charge in [0.05, 0.1) is 47.1 Å². The largest absolute Gasteiger partial charge is 0.448 e. The van der Waals surface area contributed by atoms with E-state index in [2.05, 4.69) is 16.9 Å². The minimum absolute atomic E-state index is 0.00598. The fourth-order valence-electron chi connectivity index (χ4n) is 9.23. The Morgan fingerprint density at radius 2 is 1.71 bits per heavy atom. The third kappa shape index (κ3) is 14.7. The Bertz CT molecular complexity index is 1620. The maximum atomic E-state index is 14.3. The average molecular weight is 1040 g/mol. The van der Waals surface area contributed by atoms with Crippen molar-refractivity contribution in [1.29, 1.82) is 0 Å². The van der Waals surface area contributed by atoms with Crippen LogP contribution >= 0.6 is 22.6 Å². The van der Waals surface area contributed by atoms with Crippen LogP contribution in [-0.4, -0.2) is 184 Å². The highest BCUT2D eigenvalue weighted by Gasteiger charge is 2.53. The lowest BCUT2D eigenvalue weighted by molar-refractivity contribution is -0.321. The number of carbonyl (C=O) groups is 2. The quantitative estimate of drug-likeness (QED) is 0.0249. The SMILES string of the molecule is C=C(C(=O)NCCCO[C@H]1[C@H](O[C@@H]2[C@@H](C)[C@H](O[C@H]3C[C@@](C)(OC)[C@@H](O)[C@H](C)O3)[C@@H](C)C(=O)O[C@H](I)[C@@](C)(O)[C@H](O)[C@@H](C)N(C)C[C@H](C)C[C@@]2(C)O)O[C@H](C)C[C@@H]1N(C)C)C(N)=N/C=C\N. The number of nitrogens with zero attached hydrogens (tertiary/aromatic N) is 3. The number of rotatable bonds is 14. The number of aliphatic imine (C=N–C) groups is 1. The first-order valence-electron chi connectivity index (χ1n) is 22.6. The molecule has 19 nitrogen and oxygen atoms in total. The Kier molecular flexibility index (Phi) is 21.6. The predicted octanol–water partition coefficient (Wildman–Crippen LogP) is 1.76. The van der Waals surface area contributed by atoms with E-state index in [9.17, 15) is 30.0 Å². The summed E-state index contributed by atoms with van der Waals surface area (Å²) >= 11 is 1.83. The topological polar surface area (TPSA) is 263 Å². The Morgan fingerprint density at radius 3 is 2.31 bits per heavy atom. The van der Waals surface area contributed by atoms with E-state index >= 15 is 0 Å². The standard InChI is InChI=1S/C45H81IN6O13/c1-24-21-43(8,57)37(64-41-34(31(51(11)12)20-25(2)61-41)60-19-15-17-50-39(55)28(5)38(48)49-18-16-47)26(3)33(63-32-22-44(9,59-14)36(54)30(7)62-32)27(4)40(56)65-42(46)45(10,58)35(53)29(6)52(13)23-24/h16,18,24-27,29-37,41-42,53-54,57-58H,5,15,17,19-23,47H2,1-4,6-14H3,(H2,48,49)(H,50,55)/b18-16-/t24-,25-,26+,27-,29-,30+,31+,32+,33+,34-,35-,36+,37-,41+,42+,43-,44-,45+/m1/s1. The summed E-state index contributed by atoms with van der Waals surface area (Å²) in [6.45, 7) is 20.3. The van der Waals surface area contributed by atoms with Crippen LogP contribution in [0.1, 0.15) is 88.0 Å². The number of nitrogens with two attached hydrogens (primary N) is 2. The zero-order valence-electron chi connectivity index (χ0n) is 40.8. The van der Waals surface area contributed by atoms with Gasteiger partial charge in [0, 0.05) is 63.6 Å². The molecule has 3 saturated heterocycles. The number of hydrogen-bond acceptors (Lipinski definition) is 17. The summed E-state index contributed by atoms with van der Waals surface area (Å²) in [7, 11) is 7.21. The lowest BCUT2D eigenvalue weighted by Crippen LogP contribution is -2.61. The van der Waals surface area contributed by atoms with Gasteiger partial charge in [-0.05, 0) is 117 Å². The van der Waals surface area contributed by atoms with Crippen LogP contribution in [0.15, 0.2) is 29.5 Å². The number of hydrogen-bond donors (Lipinski definition) is 7. The van der Waals surface area contributed by atoms with E-state index in [0.717, 1.165) is 0 Å². The van der Waals surface area contributed by atoms with Crippen molar-refractivity contribution in [3.8, 4) is 0 Å². The first-order chi connectivity index (χ1) is 30.1. The number of cyclic esters (lactones) is 1. The van der Waals surface area contributed by atoms with E-state index in [4.69, 9.17) is 44.6 Å². The summed E-state index contributed by atoms with van der Waals surface area (Å²) in [6.07, 6.45) is -4.39. The number of aliphatic hydroxyl groups excluding tert-OH is 2. The number of ether oxygens (including phenoxy) is 7. The molecule has 376 valence electrons. The van der Waals surface area contributed by atoms with Crippen LogP contribution in [0.4, 0.5) is 0 Å². The molecular weight excluding hydrogens is 959 g/mol. The van der Waals surface area contributed by atoms with E-state index in [1.807, 2.05) is 74.3 Å². The molecule has 3 aliphatic rings. The van der Waals surface area contributed by atoms with E-state index in [1.54, 1.807) is 34.6 Å². The number of methoxy groups -OCH3 is 1. The highest BCUT2D eigenvalue weighted by molar-refractivity contribution is 14.1. The fraction of sp³-hybridized carbons (Fsp3) is 0.844. The number of amides is 1. The molecule has 65 heavy (non-hydrogen) atoms. The van der Waals surface area contributed by atoms with E-state index in [1.165, 1.54) is 26.4 Å². The van der Waals surface area contributed by atoms with E-state index < -0.39 is 99.9 Å². The van der Waals surface area contributed by atoms with Crippen molar-refractivity contribution in [2.75, 3.05) is 47.9 Å². The van der Waals surface area contributed by atoms with Crippen molar-refractivity contribution in [2.24, 2.45) is 34.2 Å². The van der Waals surface area contributed by atoms with Gasteiger partial charge in [0.15, 0.2) is 16.7 Å². The lowest BCUT2D eigenvalue weighted by Gasteiger charge is -2.49. The monoisotopic (exact) mass is 1040 g/mol. The molecule has 3 rings (SSSR count). The molecule has 0 spiro atoms. The van der Waals surface area contributed by atoms with Crippen LogP contribution in [0.3, 0.4) is 0 Å². The van der Waals surface area contributed by atoms with Crippen molar-refractivity contribution in [3.63, 3.8) is 0 Å². The number of nitrogens with one attached hydrogen (secondary N) is 1.